The summed E-state index contributed by atoms with van der Waals surface area (Å²) < 4.78 is 11.6. The number of aliphatic imine (C=N–C) groups is 2. The largest absolute Gasteiger partial charge is 0.494 e. The predicted octanol–water partition coefficient (Wildman–Crippen LogP) is 8.96. The molecule has 0 atom stereocenters. The lowest BCUT2D eigenvalue weighted by Crippen LogP contribution is -1.97. The van der Waals surface area contributed by atoms with Gasteiger partial charge in [0, 0.05) is 12.4 Å². The first-order chi connectivity index (χ1) is 19.7. The quantitative estimate of drug-likeness (QED) is 0.0952. The molecule has 0 fully saturated rings. The number of allylic oxidation sites excluding steroid dienone is 2. The molecule has 0 unspecified atom stereocenters. The van der Waals surface area contributed by atoms with Crippen molar-refractivity contribution in [2.45, 2.75) is 90.9 Å². The Morgan fingerprint density at radius 1 is 0.575 bits per heavy atom. The minimum absolute atomic E-state index is 0.0407. The number of nitriles is 2. The van der Waals surface area contributed by atoms with Crippen LogP contribution in [0.2, 0.25) is 0 Å². The van der Waals surface area contributed by atoms with Gasteiger partial charge in [-0.25, -0.2) is 9.98 Å². The van der Waals surface area contributed by atoms with Gasteiger partial charge in [0.15, 0.2) is 11.4 Å². The maximum Gasteiger partial charge on any atom is 0.176 e. The van der Waals surface area contributed by atoms with E-state index in [2.05, 4.69) is 23.8 Å². The van der Waals surface area contributed by atoms with Gasteiger partial charge in [0.05, 0.1) is 13.2 Å². The zero-order valence-corrected chi connectivity index (χ0v) is 24.3. The first-order valence-electron chi connectivity index (χ1n) is 14.8. The lowest BCUT2D eigenvalue weighted by atomic mass is 10.1. The number of hydrogen-bond donors (Lipinski definition) is 0. The fraction of sp³-hybridized carbons (Fsp3) is 0.471. The average Bonchev–Trinajstić information content (AvgIpc) is 2.99. The zero-order chi connectivity index (χ0) is 28.7. The first-order valence-corrected chi connectivity index (χ1v) is 14.8. The number of benzene rings is 2. The van der Waals surface area contributed by atoms with Crippen molar-refractivity contribution in [3.63, 3.8) is 0 Å². The van der Waals surface area contributed by atoms with Crippen LogP contribution < -0.4 is 9.47 Å². The SMILES string of the molecule is CCCCCCCCOc1ccc(C=N/C(C#N)=C(\C#N)N=Cc2ccc(OCCCCCCCC)cc2)cc1. The third-order valence-corrected chi connectivity index (χ3v) is 6.41. The van der Waals surface area contributed by atoms with Crippen LogP contribution >= 0.6 is 0 Å². The van der Waals surface area contributed by atoms with Crippen molar-refractivity contribution in [1.82, 2.24) is 0 Å². The van der Waals surface area contributed by atoms with Crippen LogP contribution in [0.3, 0.4) is 0 Å². The van der Waals surface area contributed by atoms with Gasteiger partial charge < -0.3 is 9.47 Å². The van der Waals surface area contributed by atoms with Crippen molar-refractivity contribution >= 4 is 12.4 Å². The van der Waals surface area contributed by atoms with Gasteiger partial charge in [0.1, 0.15) is 23.6 Å². The molecule has 0 aliphatic heterocycles. The molecule has 0 bridgehead atoms. The van der Waals surface area contributed by atoms with E-state index >= 15 is 0 Å². The van der Waals surface area contributed by atoms with Crippen LogP contribution in [0, 0.1) is 22.7 Å². The Bertz CT molecular complexity index is 1040. The third-order valence-electron chi connectivity index (χ3n) is 6.41. The molecule has 0 aliphatic rings. The molecule has 212 valence electrons. The molecule has 2 aromatic rings. The van der Waals surface area contributed by atoms with Crippen molar-refractivity contribution < 1.29 is 9.47 Å². The third kappa shape index (κ3) is 13.8. The van der Waals surface area contributed by atoms with Gasteiger partial charge in [-0.3, -0.25) is 0 Å². The summed E-state index contributed by atoms with van der Waals surface area (Å²) in [5.41, 5.74) is 1.53. The topological polar surface area (TPSA) is 90.8 Å². The molecule has 6 heteroatoms. The van der Waals surface area contributed by atoms with Crippen molar-refractivity contribution in [3.8, 4) is 23.6 Å². The van der Waals surface area contributed by atoms with E-state index in [1.807, 2.05) is 60.7 Å². The van der Waals surface area contributed by atoms with Gasteiger partial charge in [0.25, 0.3) is 0 Å². The highest BCUT2D eigenvalue weighted by Crippen LogP contribution is 2.15. The second-order valence-corrected chi connectivity index (χ2v) is 9.81. The Morgan fingerprint density at radius 3 is 1.27 bits per heavy atom. The first kappa shape index (κ1) is 32.3. The van der Waals surface area contributed by atoms with Crippen LogP contribution in [0.4, 0.5) is 0 Å². The van der Waals surface area contributed by atoms with E-state index < -0.39 is 0 Å². The van der Waals surface area contributed by atoms with Crippen LogP contribution in [0.1, 0.15) is 102 Å². The van der Waals surface area contributed by atoms with E-state index in [1.54, 1.807) is 12.4 Å². The smallest absolute Gasteiger partial charge is 0.176 e. The molecule has 0 aliphatic carbocycles. The van der Waals surface area contributed by atoms with Gasteiger partial charge in [-0.15, -0.1) is 0 Å². The van der Waals surface area contributed by atoms with Gasteiger partial charge in [-0.1, -0.05) is 78.1 Å². The second kappa shape index (κ2) is 21.0. The summed E-state index contributed by atoms with van der Waals surface area (Å²) in [6.45, 7) is 5.86. The van der Waals surface area contributed by atoms with Gasteiger partial charge in [0.2, 0.25) is 0 Å². The van der Waals surface area contributed by atoms with Gasteiger partial charge in [-0.05, 0) is 72.5 Å². The van der Waals surface area contributed by atoms with Crippen LogP contribution in [0.15, 0.2) is 69.9 Å². The molecule has 0 saturated carbocycles. The fourth-order valence-electron chi connectivity index (χ4n) is 4.01. The van der Waals surface area contributed by atoms with E-state index in [0.717, 1.165) is 35.5 Å². The number of ether oxygens (including phenoxy) is 2. The summed E-state index contributed by atoms with van der Waals surface area (Å²) >= 11 is 0. The molecule has 0 amide bonds. The predicted molar refractivity (Wildman–Crippen MR) is 164 cm³/mol. The Kier molecular flexibility index (Phi) is 17.0. The molecule has 6 nitrogen and oxygen atoms in total. The Hall–Kier alpha value is -3.90. The summed E-state index contributed by atoms with van der Waals surface area (Å²) in [6, 6.07) is 19.0. The molecule has 2 aromatic carbocycles. The normalized spacial score (nSPS) is 11.8. The van der Waals surface area contributed by atoms with Crippen molar-refractivity contribution in [3.05, 3.63) is 71.1 Å². The fourth-order valence-corrected chi connectivity index (χ4v) is 4.01. The molecule has 2 rings (SSSR count). The lowest BCUT2D eigenvalue weighted by molar-refractivity contribution is 0.304. The average molecular weight is 541 g/mol. The monoisotopic (exact) mass is 540 g/mol. The highest BCUT2D eigenvalue weighted by atomic mass is 16.5. The van der Waals surface area contributed by atoms with E-state index in [4.69, 9.17) is 9.47 Å². The molecule has 0 radical (unpaired) electrons. The molecule has 0 heterocycles. The summed E-state index contributed by atoms with van der Waals surface area (Å²) in [7, 11) is 0. The number of hydrogen-bond acceptors (Lipinski definition) is 6. The van der Waals surface area contributed by atoms with E-state index in [0.29, 0.717) is 13.2 Å². The molecular weight excluding hydrogens is 496 g/mol. The summed E-state index contributed by atoms with van der Waals surface area (Å²) in [5, 5.41) is 19.1. The minimum atomic E-state index is -0.0407. The zero-order valence-electron chi connectivity index (χ0n) is 24.3. The van der Waals surface area contributed by atoms with E-state index in [9.17, 15) is 10.5 Å². The van der Waals surface area contributed by atoms with Gasteiger partial charge in [-0.2, -0.15) is 10.5 Å². The van der Waals surface area contributed by atoms with Gasteiger partial charge >= 0.3 is 0 Å². The van der Waals surface area contributed by atoms with Crippen LogP contribution in [0.25, 0.3) is 0 Å². The van der Waals surface area contributed by atoms with Crippen LogP contribution in [0.5, 0.6) is 11.5 Å². The second-order valence-electron chi connectivity index (χ2n) is 9.81. The Balaban J connectivity index is 1.85. The molecule has 0 N–H and O–H groups in total. The van der Waals surface area contributed by atoms with E-state index in [-0.39, 0.29) is 11.4 Å². The number of rotatable bonds is 20. The van der Waals surface area contributed by atoms with E-state index in [1.165, 1.54) is 64.2 Å². The summed E-state index contributed by atoms with van der Waals surface area (Å²) in [5.74, 6) is 1.62. The highest BCUT2D eigenvalue weighted by molar-refractivity contribution is 5.82. The van der Waals surface area contributed by atoms with Crippen molar-refractivity contribution in [2.75, 3.05) is 13.2 Å². The molecule has 0 saturated heterocycles. The summed E-state index contributed by atoms with van der Waals surface area (Å²) in [6.07, 6.45) is 17.8. The molecule has 40 heavy (non-hydrogen) atoms. The maximum atomic E-state index is 9.55. The van der Waals surface area contributed by atoms with Crippen molar-refractivity contribution in [1.29, 1.82) is 10.5 Å². The molecular formula is C34H44N4O2. The van der Waals surface area contributed by atoms with Crippen LogP contribution in [-0.2, 0) is 0 Å². The lowest BCUT2D eigenvalue weighted by Gasteiger charge is -2.06. The van der Waals surface area contributed by atoms with Crippen LogP contribution in [-0.4, -0.2) is 25.6 Å². The maximum absolute atomic E-state index is 9.55. The number of unbranched alkanes of at least 4 members (excludes halogenated alkanes) is 10. The Morgan fingerprint density at radius 2 is 0.925 bits per heavy atom. The molecule has 0 aromatic heterocycles. The number of nitrogens with zero attached hydrogens (tertiary/aromatic N) is 4. The summed E-state index contributed by atoms with van der Waals surface area (Å²) in [4.78, 5) is 8.42. The standard InChI is InChI=1S/C34H44N4O2/c1-3-5-7-9-11-13-23-39-31-19-15-29(16-20-31)27-37-33(25-35)34(26-36)38-28-30-17-21-32(22-18-30)40-24-14-12-10-8-6-4-2/h15-22,27-28H,3-14,23-24H2,1-2H3/b34-33+,37-27?,38-28?. The Labute approximate surface area is 241 Å². The highest BCUT2D eigenvalue weighted by Gasteiger charge is 2.04. The van der Waals surface area contributed by atoms with Crippen molar-refractivity contribution in [2.24, 2.45) is 9.98 Å². The molecule has 0 spiro atoms. The minimum Gasteiger partial charge on any atom is -0.494 e.